The Balaban J connectivity index is 2.18. The summed E-state index contributed by atoms with van der Waals surface area (Å²) in [6.45, 7) is 0. The Morgan fingerprint density at radius 3 is 2.44 bits per heavy atom. The lowest BCUT2D eigenvalue weighted by atomic mass is 10.3. The number of hydrogen-bond donors (Lipinski definition) is 3. The van der Waals surface area contributed by atoms with Gasteiger partial charge in [0, 0.05) is 6.07 Å². The summed E-state index contributed by atoms with van der Waals surface area (Å²) < 4.78 is 5.67. The first kappa shape index (κ1) is 11.9. The summed E-state index contributed by atoms with van der Waals surface area (Å²) in [5.74, 6) is 6.74. The van der Waals surface area contributed by atoms with Crippen LogP contribution in [0, 0.1) is 0 Å². The number of guanidine groups is 1. The molecule has 0 amide bonds. The number of nitrogens with two attached hydrogens (primary N) is 2. The predicted octanol–water partition coefficient (Wildman–Crippen LogP) is 1.89. The molecule has 0 fully saturated rings. The second kappa shape index (κ2) is 5.70. The minimum atomic E-state index is 0.145. The minimum absolute atomic E-state index is 0.145. The maximum atomic E-state index is 5.67. The monoisotopic (exact) mass is 242 g/mol. The third kappa shape index (κ3) is 3.23. The van der Waals surface area contributed by atoms with Gasteiger partial charge in [-0.25, -0.2) is 10.8 Å². The van der Waals surface area contributed by atoms with Gasteiger partial charge < -0.3 is 10.5 Å². The molecule has 0 atom stereocenters. The highest BCUT2D eigenvalue weighted by atomic mass is 16.5. The fraction of sp³-hybridized carbons (Fsp3) is 0. The zero-order valence-corrected chi connectivity index (χ0v) is 9.71. The number of hydrogen-bond acceptors (Lipinski definition) is 3. The van der Waals surface area contributed by atoms with Gasteiger partial charge in [-0.15, -0.1) is 0 Å². The van der Waals surface area contributed by atoms with Gasteiger partial charge in [-0.3, -0.25) is 5.43 Å². The Bertz CT molecular complexity index is 540. The number of rotatable bonds is 3. The van der Waals surface area contributed by atoms with Crippen molar-refractivity contribution in [1.29, 1.82) is 0 Å². The molecule has 2 aromatic carbocycles. The summed E-state index contributed by atoms with van der Waals surface area (Å²) in [6, 6.07) is 16.8. The number of ether oxygens (including phenoxy) is 1. The molecule has 92 valence electrons. The van der Waals surface area contributed by atoms with Crippen molar-refractivity contribution in [3.05, 3.63) is 54.6 Å². The summed E-state index contributed by atoms with van der Waals surface area (Å²) in [5, 5.41) is 0. The normalized spacial score (nSPS) is 11.1. The van der Waals surface area contributed by atoms with Gasteiger partial charge in [0.25, 0.3) is 0 Å². The van der Waals surface area contributed by atoms with E-state index in [1.807, 2.05) is 48.5 Å². The van der Waals surface area contributed by atoms with Crippen molar-refractivity contribution in [2.45, 2.75) is 0 Å². The van der Waals surface area contributed by atoms with E-state index in [0.717, 1.165) is 5.75 Å². The Kier molecular flexibility index (Phi) is 3.78. The Morgan fingerprint density at radius 2 is 1.72 bits per heavy atom. The second-order valence-corrected chi connectivity index (χ2v) is 3.55. The number of para-hydroxylation sites is 1. The molecule has 0 saturated carbocycles. The van der Waals surface area contributed by atoms with Crippen LogP contribution in [-0.2, 0) is 0 Å². The molecule has 0 bridgehead atoms. The Labute approximate surface area is 105 Å². The molecular formula is C13H14N4O. The van der Waals surface area contributed by atoms with E-state index in [9.17, 15) is 0 Å². The fourth-order valence-corrected chi connectivity index (χ4v) is 1.41. The van der Waals surface area contributed by atoms with E-state index in [1.54, 1.807) is 6.07 Å². The smallest absolute Gasteiger partial charge is 0.208 e. The van der Waals surface area contributed by atoms with Crippen LogP contribution < -0.4 is 21.7 Å². The molecule has 0 radical (unpaired) electrons. The van der Waals surface area contributed by atoms with Crippen molar-refractivity contribution in [1.82, 2.24) is 5.43 Å². The number of benzene rings is 2. The lowest BCUT2D eigenvalue weighted by molar-refractivity contribution is 0.483. The summed E-state index contributed by atoms with van der Waals surface area (Å²) in [4.78, 5) is 4.06. The average Bonchev–Trinajstić information content (AvgIpc) is 2.40. The van der Waals surface area contributed by atoms with E-state index in [-0.39, 0.29) is 5.96 Å². The van der Waals surface area contributed by atoms with Crippen LogP contribution in [0.3, 0.4) is 0 Å². The zero-order valence-electron chi connectivity index (χ0n) is 9.71. The van der Waals surface area contributed by atoms with Crippen LogP contribution in [0.15, 0.2) is 59.6 Å². The highest BCUT2D eigenvalue weighted by Gasteiger charge is 1.98. The molecule has 2 rings (SSSR count). The van der Waals surface area contributed by atoms with Crippen molar-refractivity contribution in [3.8, 4) is 11.5 Å². The van der Waals surface area contributed by atoms with Gasteiger partial charge in [0.1, 0.15) is 11.5 Å². The highest BCUT2D eigenvalue weighted by molar-refractivity contribution is 5.80. The standard InChI is InChI=1S/C13H14N4O/c14-13(17-15)16-10-5-4-8-12(9-10)18-11-6-2-1-3-7-11/h1-9H,15H2,(H3,14,16,17). The molecule has 0 aliphatic carbocycles. The second-order valence-electron chi connectivity index (χ2n) is 3.55. The highest BCUT2D eigenvalue weighted by Crippen LogP contribution is 2.24. The first-order chi connectivity index (χ1) is 8.78. The third-order valence-corrected chi connectivity index (χ3v) is 2.19. The summed E-state index contributed by atoms with van der Waals surface area (Å²) in [5.41, 5.74) is 8.42. The molecule has 0 saturated heterocycles. The maximum Gasteiger partial charge on any atom is 0.208 e. The molecule has 2 aromatic rings. The van der Waals surface area contributed by atoms with Crippen LogP contribution in [0.2, 0.25) is 0 Å². The first-order valence-corrected chi connectivity index (χ1v) is 5.41. The molecule has 5 N–H and O–H groups in total. The van der Waals surface area contributed by atoms with Crippen molar-refractivity contribution in [2.24, 2.45) is 16.6 Å². The van der Waals surface area contributed by atoms with Gasteiger partial charge in [0.2, 0.25) is 5.96 Å². The largest absolute Gasteiger partial charge is 0.457 e. The summed E-state index contributed by atoms with van der Waals surface area (Å²) >= 11 is 0. The lowest BCUT2D eigenvalue weighted by Crippen LogP contribution is -2.36. The van der Waals surface area contributed by atoms with Gasteiger partial charge in [-0.2, -0.15) is 0 Å². The SMILES string of the molecule is NNC(N)=Nc1cccc(Oc2ccccc2)c1. The van der Waals surface area contributed by atoms with Crippen molar-refractivity contribution < 1.29 is 4.74 Å². The molecule has 0 aromatic heterocycles. The van der Waals surface area contributed by atoms with Crippen LogP contribution in [0.1, 0.15) is 0 Å². The topological polar surface area (TPSA) is 85.7 Å². The van der Waals surface area contributed by atoms with Gasteiger partial charge in [-0.1, -0.05) is 24.3 Å². The minimum Gasteiger partial charge on any atom is -0.457 e. The van der Waals surface area contributed by atoms with Crippen molar-refractivity contribution >= 4 is 11.6 Å². The number of hydrazine groups is 1. The molecule has 0 aliphatic rings. The van der Waals surface area contributed by atoms with E-state index in [1.165, 1.54) is 0 Å². The van der Waals surface area contributed by atoms with Crippen LogP contribution in [0.5, 0.6) is 11.5 Å². The molecule has 0 spiro atoms. The predicted molar refractivity (Wildman–Crippen MR) is 71.6 cm³/mol. The van der Waals surface area contributed by atoms with Crippen molar-refractivity contribution in [3.63, 3.8) is 0 Å². The lowest BCUT2D eigenvalue weighted by Gasteiger charge is -2.06. The number of aliphatic imine (C=N–C) groups is 1. The average molecular weight is 242 g/mol. The van der Waals surface area contributed by atoms with E-state index in [2.05, 4.69) is 10.4 Å². The van der Waals surface area contributed by atoms with E-state index >= 15 is 0 Å². The Hall–Kier alpha value is -2.53. The van der Waals surface area contributed by atoms with Crippen molar-refractivity contribution in [2.75, 3.05) is 0 Å². The van der Waals surface area contributed by atoms with E-state index in [4.69, 9.17) is 16.3 Å². The first-order valence-electron chi connectivity index (χ1n) is 5.41. The van der Waals surface area contributed by atoms with Crippen LogP contribution >= 0.6 is 0 Å². The van der Waals surface area contributed by atoms with E-state index < -0.39 is 0 Å². The van der Waals surface area contributed by atoms with Gasteiger partial charge in [0.15, 0.2) is 0 Å². The molecular weight excluding hydrogens is 228 g/mol. The van der Waals surface area contributed by atoms with Crippen LogP contribution in [0.4, 0.5) is 5.69 Å². The van der Waals surface area contributed by atoms with Crippen LogP contribution in [-0.4, -0.2) is 5.96 Å². The summed E-state index contributed by atoms with van der Waals surface area (Å²) in [7, 11) is 0. The third-order valence-electron chi connectivity index (χ3n) is 2.19. The maximum absolute atomic E-state index is 5.67. The fourth-order valence-electron chi connectivity index (χ4n) is 1.41. The van der Waals surface area contributed by atoms with Gasteiger partial charge in [-0.05, 0) is 24.3 Å². The number of nitrogens with zero attached hydrogens (tertiary/aromatic N) is 1. The van der Waals surface area contributed by atoms with Gasteiger partial charge in [0.05, 0.1) is 5.69 Å². The quantitative estimate of drug-likeness (QED) is 0.332. The van der Waals surface area contributed by atoms with Gasteiger partial charge >= 0.3 is 0 Å². The van der Waals surface area contributed by atoms with E-state index in [0.29, 0.717) is 11.4 Å². The summed E-state index contributed by atoms with van der Waals surface area (Å²) in [6.07, 6.45) is 0. The zero-order chi connectivity index (χ0) is 12.8. The molecule has 5 heteroatoms. The molecule has 0 unspecified atom stereocenters. The van der Waals surface area contributed by atoms with Crippen LogP contribution in [0.25, 0.3) is 0 Å². The molecule has 18 heavy (non-hydrogen) atoms. The molecule has 0 heterocycles. The molecule has 0 aliphatic heterocycles. The number of nitrogens with one attached hydrogen (secondary N) is 1. The Morgan fingerprint density at radius 1 is 1.00 bits per heavy atom. The molecule has 5 nitrogen and oxygen atoms in total.